The molecule has 0 N–H and O–H groups in total. The molecule has 1 fully saturated rings. The lowest BCUT2D eigenvalue weighted by molar-refractivity contribution is 0.0601. The molecule has 0 aliphatic carbocycles. The highest BCUT2D eigenvalue weighted by Gasteiger charge is 2.27. The molecule has 0 spiro atoms. The number of hydrogen-bond acceptors (Lipinski definition) is 4. The van der Waals surface area contributed by atoms with E-state index in [1.807, 2.05) is 42.1 Å². The van der Waals surface area contributed by atoms with Crippen LogP contribution < -0.4 is 4.90 Å². The molecule has 5 heteroatoms. The molecule has 2 aromatic rings. The molecule has 25 heavy (non-hydrogen) atoms. The minimum absolute atomic E-state index is 0.104. The maximum Gasteiger partial charge on any atom is 0.255 e. The van der Waals surface area contributed by atoms with Crippen molar-refractivity contribution < 1.29 is 4.79 Å². The van der Waals surface area contributed by atoms with E-state index < -0.39 is 0 Å². The first-order valence-electron chi connectivity index (χ1n) is 8.99. The Morgan fingerprint density at radius 2 is 2.12 bits per heavy atom. The molecule has 1 atom stereocenters. The number of hydrogen-bond donors (Lipinski definition) is 0. The third-order valence-electron chi connectivity index (χ3n) is 4.78. The number of likely N-dealkylation sites (tertiary alicyclic amines) is 1. The number of nitrogens with zero attached hydrogens (tertiary/aromatic N) is 4. The van der Waals surface area contributed by atoms with Gasteiger partial charge >= 0.3 is 0 Å². The second-order valence-corrected chi connectivity index (χ2v) is 6.81. The molecular weight excluding hydrogens is 312 g/mol. The van der Waals surface area contributed by atoms with Gasteiger partial charge in [-0.05, 0) is 56.4 Å². The molecule has 0 saturated carbocycles. The van der Waals surface area contributed by atoms with Crippen LogP contribution in [-0.2, 0) is 6.42 Å². The van der Waals surface area contributed by atoms with E-state index in [0.717, 1.165) is 43.7 Å². The molecule has 1 saturated heterocycles. The van der Waals surface area contributed by atoms with Crippen molar-refractivity contribution in [3.8, 4) is 0 Å². The highest BCUT2D eigenvalue weighted by atomic mass is 16.2. The van der Waals surface area contributed by atoms with Crippen molar-refractivity contribution in [2.75, 3.05) is 25.5 Å². The molecule has 0 radical (unpaired) electrons. The first kappa shape index (κ1) is 17.4. The van der Waals surface area contributed by atoms with Gasteiger partial charge in [0.25, 0.3) is 5.91 Å². The van der Waals surface area contributed by atoms with Gasteiger partial charge in [0, 0.05) is 44.8 Å². The van der Waals surface area contributed by atoms with E-state index in [9.17, 15) is 4.79 Å². The average Bonchev–Trinajstić information content (AvgIpc) is 2.67. The van der Waals surface area contributed by atoms with Gasteiger partial charge < -0.3 is 9.80 Å². The number of rotatable bonds is 5. The molecule has 1 amide bonds. The van der Waals surface area contributed by atoms with Crippen LogP contribution in [0.5, 0.6) is 0 Å². The maximum absolute atomic E-state index is 12.8. The second-order valence-electron chi connectivity index (χ2n) is 6.81. The summed E-state index contributed by atoms with van der Waals surface area (Å²) in [5.74, 6) is 1.08. The molecule has 3 heterocycles. The Bertz CT molecular complexity index is 702. The summed E-state index contributed by atoms with van der Waals surface area (Å²) in [4.78, 5) is 25.7. The number of carbonyl (C=O) groups excluding carboxylic acids is 1. The monoisotopic (exact) mass is 338 g/mol. The van der Waals surface area contributed by atoms with Gasteiger partial charge in [-0.25, -0.2) is 4.98 Å². The van der Waals surface area contributed by atoms with Crippen molar-refractivity contribution >= 4 is 11.7 Å². The minimum atomic E-state index is 0.104. The standard InChI is InChI=1S/C20H26N4O/c1-23(2)19-10-5-8-17(22-19)11-12-18-9-3-4-14-24(18)20(25)16-7-6-13-21-15-16/h5-8,10,13,15,18H,3-4,9,11-12,14H2,1-2H3/t18-/m1/s1. The minimum Gasteiger partial charge on any atom is -0.363 e. The fourth-order valence-corrected chi connectivity index (χ4v) is 3.39. The molecule has 2 aromatic heterocycles. The zero-order valence-corrected chi connectivity index (χ0v) is 15.1. The number of piperidine rings is 1. The Hall–Kier alpha value is -2.43. The maximum atomic E-state index is 12.8. The van der Waals surface area contributed by atoms with Crippen LogP contribution in [0.3, 0.4) is 0 Å². The van der Waals surface area contributed by atoms with Gasteiger partial charge in [-0.2, -0.15) is 0 Å². The number of amides is 1. The largest absolute Gasteiger partial charge is 0.363 e. The molecule has 1 aliphatic heterocycles. The van der Waals surface area contributed by atoms with Crippen molar-refractivity contribution in [3.05, 3.63) is 54.0 Å². The Balaban J connectivity index is 1.67. The summed E-state index contributed by atoms with van der Waals surface area (Å²) >= 11 is 0. The van der Waals surface area contributed by atoms with Crippen LogP contribution in [0.2, 0.25) is 0 Å². The Morgan fingerprint density at radius 3 is 2.88 bits per heavy atom. The van der Waals surface area contributed by atoms with Crippen LogP contribution >= 0.6 is 0 Å². The van der Waals surface area contributed by atoms with Crippen LogP contribution in [0.1, 0.15) is 41.7 Å². The van der Waals surface area contributed by atoms with Gasteiger partial charge in [0.2, 0.25) is 0 Å². The van der Waals surface area contributed by atoms with Gasteiger partial charge in [0.05, 0.1) is 5.56 Å². The summed E-state index contributed by atoms with van der Waals surface area (Å²) in [5.41, 5.74) is 1.77. The fraction of sp³-hybridized carbons (Fsp3) is 0.450. The highest BCUT2D eigenvalue weighted by molar-refractivity contribution is 5.94. The molecule has 0 aromatic carbocycles. The van der Waals surface area contributed by atoms with Crippen molar-refractivity contribution in [2.45, 2.75) is 38.1 Å². The number of carbonyl (C=O) groups is 1. The van der Waals surface area contributed by atoms with E-state index in [-0.39, 0.29) is 11.9 Å². The molecule has 0 unspecified atom stereocenters. The van der Waals surface area contributed by atoms with Crippen molar-refractivity contribution in [1.29, 1.82) is 0 Å². The van der Waals surface area contributed by atoms with Gasteiger partial charge in [-0.3, -0.25) is 9.78 Å². The molecule has 0 bridgehead atoms. The van der Waals surface area contributed by atoms with E-state index in [0.29, 0.717) is 5.56 Å². The zero-order valence-electron chi connectivity index (χ0n) is 15.1. The summed E-state index contributed by atoms with van der Waals surface area (Å²) in [6.45, 7) is 0.837. The van der Waals surface area contributed by atoms with Crippen molar-refractivity contribution in [1.82, 2.24) is 14.9 Å². The third-order valence-corrected chi connectivity index (χ3v) is 4.78. The Labute approximate surface area is 149 Å². The number of aromatic nitrogens is 2. The van der Waals surface area contributed by atoms with E-state index in [1.165, 1.54) is 6.42 Å². The number of anilines is 1. The lowest BCUT2D eigenvalue weighted by Gasteiger charge is -2.36. The Morgan fingerprint density at radius 1 is 1.24 bits per heavy atom. The zero-order chi connectivity index (χ0) is 17.6. The Kier molecular flexibility index (Phi) is 5.64. The summed E-state index contributed by atoms with van der Waals surface area (Å²) < 4.78 is 0. The van der Waals surface area contributed by atoms with Gasteiger partial charge in [-0.1, -0.05) is 6.07 Å². The molecule has 1 aliphatic rings. The summed E-state index contributed by atoms with van der Waals surface area (Å²) in [7, 11) is 4.00. The van der Waals surface area contributed by atoms with Crippen LogP contribution in [0, 0.1) is 0 Å². The number of pyridine rings is 2. The van der Waals surface area contributed by atoms with E-state index >= 15 is 0 Å². The smallest absolute Gasteiger partial charge is 0.255 e. The molecular formula is C20H26N4O. The van der Waals surface area contributed by atoms with Crippen LogP contribution in [0.15, 0.2) is 42.7 Å². The predicted molar refractivity (Wildman–Crippen MR) is 99.8 cm³/mol. The quantitative estimate of drug-likeness (QED) is 0.840. The van der Waals surface area contributed by atoms with E-state index in [1.54, 1.807) is 12.4 Å². The van der Waals surface area contributed by atoms with Crippen molar-refractivity contribution in [3.63, 3.8) is 0 Å². The van der Waals surface area contributed by atoms with E-state index in [4.69, 9.17) is 4.98 Å². The number of aryl methyl sites for hydroxylation is 1. The van der Waals surface area contributed by atoms with Crippen LogP contribution in [0.4, 0.5) is 5.82 Å². The summed E-state index contributed by atoms with van der Waals surface area (Å²) in [6, 6.07) is 10.1. The summed E-state index contributed by atoms with van der Waals surface area (Å²) in [6.07, 6.45) is 8.55. The molecule has 5 nitrogen and oxygen atoms in total. The van der Waals surface area contributed by atoms with Crippen LogP contribution in [-0.4, -0.2) is 47.5 Å². The predicted octanol–water partition coefficient (Wildman–Crippen LogP) is 3.17. The third kappa shape index (κ3) is 4.35. The van der Waals surface area contributed by atoms with Gasteiger partial charge in [0.15, 0.2) is 0 Å². The lowest BCUT2D eigenvalue weighted by atomic mass is 9.96. The second kappa shape index (κ2) is 8.10. The van der Waals surface area contributed by atoms with Crippen LogP contribution in [0.25, 0.3) is 0 Å². The van der Waals surface area contributed by atoms with Gasteiger partial charge in [0.1, 0.15) is 5.82 Å². The van der Waals surface area contributed by atoms with Gasteiger partial charge in [-0.15, -0.1) is 0 Å². The first-order chi connectivity index (χ1) is 12.1. The first-order valence-corrected chi connectivity index (χ1v) is 8.99. The SMILES string of the molecule is CN(C)c1cccc(CC[C@H]2CCCCN2C(=O)c2cccnc2)n1. The molecule has 132 valence electrons. The molecule has 3 rings (SSSR count). The summed E-state index contributed by atoms with van der Waals surface area (Å²) in [5, 5.41) is 0. The normalized spacial score (nSPS) is 17.4. The topological polar surface area (TPSA) is 49.3 Å². The fourth-order valence-electron chi connectivity index (χ4n) is 3.39. The van der Waals surface area contributed by atoms with E-state index in [2.05, 4.69) is 17.1 Å². The average molecular weight is 338 g/mol. The van der Waals surface area contributed by atoms with Crippen molar-refractivity contribution in [2.24, 2.45) is 0 Å². The lowest BCUT2D eigenvalue weighted by Crippen LogP contribution is -2.44. The highest BCUT2D eigenvalue weighted by Crippen LogP contribution is 2.23.